The lowest BCUT2D eigenvalue weighted by Crippen LogP contribution is -2.26. The molecule has 2 aliphatic rings. The summed E-state index contributed by atoms with van der Waals surface area (Å²) in [7, 11) is 3.95. The number of ketones is 1. The van der Waals surface area contributed by atoms with E-state index in [1.807, 2.05) is 62.7 Å². The molecule has 3 N–H and O–H groups in total. The minimum atomic E-state index is -0.166. The molecule has 1 aromatic rings. The fourth-order valence-electron chi connectivity index (χ4n) is 4.12. The first-order valence-corrected chi connectivity index (χ1v) is 12.2. The van der Waals surface area contributed by atoms with E-state index >= 15 is 0 Å². The van der Waals surface area contributed by atoms with Gasteiger partial charge < -0.3 is 20.6 Å². The van der Waals surface area contributed by atoms with Crippen LogP contribution in [0, 0.1) is 0 Å². The first-order chi connectivity index (χ1) is 17.2. The second kappa shape index (κ2) is 12.2. The van der Waals surface area contributed by atoms with Gasteiger partial charge in [-0.15, -0.1) is 0 Å². The van der Waals surface area contributed by atoms with Gasteiger partial charge in [0.2, 0.25) is 17.6 Å². The summed E-state index contributed by atoms with van der Waals surface area (Å²) in [5.74, 6) is -0.210. The van der Waals surface area contributed by atoms with Crippen LogP contribution in [0.25, 0.3) is 5.57 Å². The molecule has 0 aromatic heterocycles. The van der Waals surface area contributed by atoms with Crippen molar-refractivity contribution in [2.24, 2.45) is 0 Å². The van der Waals surface area contributed by atoms with E-state index < -0.39 is 0 Å². The van der Waals surface area contributed by atoms with Gasteiger partial charge in [-0.3, -0.25) is 14.4 Å². The minimum Gasteiger partial charge on any atom is -0.506 e. The summed E-state index contributed by atoms with van der Waals surface area (Å²) in [5.41, 5.74) is 4.04. The van der Waals surface area contributed by atoms with Crippen LogP contribution in [0.1, 0.15) is 32.3 Å². The molecule has 0 bridgehead atoms. The zero-order chi connectivity index (χ0) is 26.2. The number of Topliss-reactive ketones (excluding diaryl/α,β-unsaturated/α-hetero) is 1. The van der Waals surface area contributed by atoms with E-state index in [0.29, 0.717) is 35.4 Å². The van der Waals surface area contributed by atoms with E-state index in [2.05, 4.69) is 20.1 Å². The largest absolute Gasteiger partial charge is 0.506 e. The fraction of sp³-hybridized carbons (Fsp3) is 0.357. The zero-order valence-corrected chi connectivity index (χ0v) is 21.4. The van der Waals surface area contributed by atoms with Crippen LogP contribution in [-0.2, 0) is 14.4 Å². The highest BCUT2D eigenvalue weighted by Crippen LogP contribution is 2.39. The fourth-order valence-corrected chi connectivity index (χ4v) is 4.12. The van der Waals surface area contributed by atoms with Crippen molar-refractivity contribution in [3.63, 3.8) is 0 Å². The number of carbonyl (C=O) groups is 3. The first-order valence-electron chi connectivity index (χ1n) is 12.2. The van der Waals surface area contributed by atoms with Gasteiger partial charge in [-0.2, -0.15) is 0 Å². The van der Waals surface area contributed by atoms with Crippen molar-refractivity contribution >= 4 is 34.6 Å². The van der Waals surface area contributed by atoms with Crippen molar-refractivity contribution in [2.75, 3.05) is 45.2 Å². The molecular weight excluding hydrogens is 456 g/mol. The highest BCUT2D eigenvalue weighted by atomic mass is 16.3. The molecule has 190 valence electrons. The number of amides is 2. The third-order valence-corrected chi connectivity index (χ3v) is 6.21. The Balaban J connectivity index is 1.64. The van der Waals surface area contributed by atoms with Gasteiger partial charge in [0.05, 0.1) is 11.1 Å². The van der Waals surface area contributed by atoms with E-state index in [1.165, 1.54) is 13.8 Å². The maximum absolute atomic E-state index is 12.9. The standard InChI is InChI=1S/C28H34N4O4/c1-19(33)29-15-5-17-31(3)23-11-7-21(8-12-23)25-27(35)26(28(25)36)22-9-13-24(14-10-22)32(4)18-6-16-30-20(2)34/h7-14H,5-6,15-18H2,1-4H3,(H2-,29,30,33,34,35,36)/p+1. The Morgan fingerprint density at radius 3 is 2.06 bits per heavy atom. The summed E-state index contributed by atoms with van der Waals surface area (Å²) in [6.07, 6.45) is 9.20. The monoisotopic (exact) mass is 491 g/mol. The molecule has 0 radical (unpaired) electrons. The van der Waals surface area contributed by atoms with Gasteiger partial charge in [-0.25, -0.2) is 4.58 Å². The summed E-state index contributed by atoms with van der Waals surface area (Å²) in [6, 6.07) is 7.55. The maximum atomic E-state index is 12.9. The zero-order valence-electron chi connectivity index (χ0n) is 21.4. The summed E-state index contributed by atoms with van der Waals surface area (Å²) >= 11 is 0. The average Bonchev–Trinajstić information content (AvgIpc) is 2.85. The van der Waals surface area contributed by atoms with Crippen molar-refractivity contribution in [2.45, 2.75) is 26.7 Å². The molecule has 0 fully saturated rings. The van der Waals surface area contributed by atoms with E-state index in [1.54, 1.807) is 0 Å². The molecule has 0 saturated carbocycles. The molecule has 36 heavy (non-hydrogen) atoms. The number of allylic oxidation sites excluding steroid dienone is 7. The molecule has 0 saturated heterocycles. The minimum absolute atomic E-state index is 0.0211. The predicted octanol–water partition coefficient (Wildman–Crippen LogP) is 2.53. The molecule has 2 amide bonds. The SMILES string of the molecule is CC(=O)NCCCN(C)c1ccc(C2=C(O)C(=C3C=CC(=[N+](C)CCCNC(C)=O)C=C3)C2=O)cc1. The third-order valence-electron chi connectivity index (χ3n) is 6.21. The van der Waals surface area contributed by atoms with Crippen LogP contribution in [0.2, 0.25) is 0 Å². The van der Waals surface area contributed by atoms with Crippen LogP contribution in [0.5, 0.6) is 0 Å². The number of nitrogens with zero attached hydrogens (tertiary/aromatic N) is 2. The van der Waals surface area contributed by atoms with E-state index in [9.17, 15) is 19.5 Å². The summed E-state index contributed by atoms with van der Waals surface area (Å²) in [4.78, 5) is 37.0. The third kappa shape index (κ3) is 6.59. The molecule has 3 rings (SSSR count). The molecule has 1 aromatic carbocycles. The first kappa shape index (κ1) is 26.7. The number of aliphatic hydroxyl groups is 1. The van der Waals surface area contributed by atoms with Crippen LogP contribution >= 0.6 is 0 Å². The lowest BCUT2D eigenvalue weighted by atomic mass is 9.80. The summed E-state index contributed by atoms with van der Waals surface area (Å²) < 4.78 is 2.08. The van der Waals surface area contributed by atoms with E-state index in [4.69, 9.17) is 0 Å². The lowest BCUT2D eigenvalue weighted by molar-refractivity contribution is -0.495. The molecule has 0 atom stereocenters. The molecule has 0 spiro atoms. The van der Waals surface area contributed by atoms with Crippen molar-refractivity contribution in [3.8, 4) is 0 Å². The summed E-state index contributed by atoms with van der Waals surface area (Å²) in [5, 5.41) is 16.3. The van der Waals surface area contributed by atoms with Crippen LogP contribution in [0.15, 0.2) is 65.5 Å². The van der Waals surface area contributed by atoms with Crippen LogP contribution < -0.4 is 15.5 Å². The molecule has 0 unspecified atom stereocenters. The number of carbonyl (C=O) groups excluding carboxylic acids is 3. The number of hydrogen-bond donors (Lipinski definition) is 3. The number of benzene rings is 1. The maximum Gasteiger partial charge on any atom is 0.216 e. The Morgan fingerprint density at radius 1 is 0.917 bits per heavy atom. The molecule has 8 nitrogen and oxygen atoms in total. The highest BCUT2D eigenvalue weighted by Gasteiger charge is 2.36. The van der Waals surface area contributed by atoms with E-state index in [0.717, 1.165) is 37.3 Å². The Morgan fingerprint density at radius 2 is 1.50 bits per heavy atom. The number of aliphatic hydroxyl groups excluding tert-OH is 1. The number of anilines is 1. The molecular formula is C28H35N4O4+. The quantitative estimate of drug-likeness (QED) is 0.265. The van der Waals surface area contributed by atoms with Crippen molar-refractivity contribution < 1.29 is 24.1 Å². The van der Waals surface area contributed by atoms with Gasteiger partial charge in [0, 0.05) is 64.8 Å². The predicted molar refractivity (Wildman–Crippen MR) is 142 cm³/mol. The van der Waals surface area contributed by atoms with Crippen molar-refractivity contribution in [3.05, 3.63) is 71.0 Å². The summed E-state index contributed by atoms with van der Waals surface area (Å²) in [6.45, 7) is 5.83. The lowest BCUT2D eigenvalue weighted by Gasteiger charge is -2.24. The Labute approximate surface area is 212 Å². The molecule has 2 aliphatic carbocycles. The van der Waals surface area contributed by atoms with Crippen LogP contribution in [0.4, 0.5) is 5.69 Å². The number of rotatable bonds is 10. The molecule has 0 heterocycles. The van der Waals surface area contributed by atoms with Crippen molar-refractivity contribution in [1.82, 2.24) is 10.6 Å². The van der Waals surface area contributed by atoms with Crippen LogP contribution in [-0.4, -0.2) is 73.3 Å². The Kier molecular flexibility index (Phi) is 9.00. The smallest absolute Gasteiger partial charge is 0.216 e. The second-order valence-electron chi connectivity index (χ2n) is 9.04. The van der Waals surface area contributed by atoms with Gasteiger partial charge >= 0.3 is 0 Å². The number of hydrogen-bond acceptors (Lipinski definition) is 5. The van der Waals surface area contributed by atoms with Gasteiger partial charge in [0.15, 0.2) is 5.71 Å². The Bertz CT molecular complexity index is 1170. The molecule has 8 heteroatoms. The van der Waals surface area contributed by atoms with Gasteiger partial charge in [0.25, 0.3) is 0 Å². The van der Waals surface area contributed by atoms with Crippen molar-refractivity contribution in [1.29, 1.82) is 0 Å². The second-order valence-corrected chi connectivity index (χ2v) is 9.04. The molecule has 0 aliphatic heterocycles. The van der Waals surface area contributed by atoms with Gasteiger partial charge in [0.1, 0.15) is 19.4 Å². The van der Waals surface area contributed by atoms with Gasteiger partial charge in [-0.05, 0) is 41.8 Å². The average molecular weight is 492 g/mol. The Hall–Kier alpha value is -3.94. The highest BCUT2D eigenvalue weighted by molar-refractivity contribution is 6.39. The normalized spacial score (nSPS) is 14.7. The van der Waals surface area contributed by atoms with Gasteiger partial charge in [-0.1, -0.05) is 12.1 Å². The number of nitrogens with one attached hydrogen (secondary N) is 2. The van der Waals surface area contributed by atoms with E-state index in [-0.39, 0.29) is 23.4 Å². The van der Waals surface area contributed by atoms with Crippen LogP contribution in [0.3, 0.4) is 0 Å². The topological polar surface area (TPSA) is 102 Å².